The average molecular weight is 1030 g/mol. The molecule has 0 saturated carbocycles. The van der Waals surface area contributed by atoms with E-state index in [1.165, 1.54) is 0 Å². The van der Waals surface area contributed by atoms with E-state index in [1.807, 2.05) is 36.4 Å². The molecule has 8 heteroatoms. The van der Waals surface area contributed by atoms with E-state index in [2.05, 4.69) is 215 Å². The summed E-state index contributed by atoms with van der Waals surface area (Å²) in [5, 5.41) is 24.9. The van der Waals surface area contributed by atoms with Gasteiger partial charge in [0.1, 0.15) is 22.3 Å². The van der Waals surface area contributed by atoms with Gasteiger partial charge in [-0.1, -0.05) is 119 Å². The average Bonchev–Trinajstić information content (AvgIpc) is 4.49. The van der Waals surface area contributed by atoms with Gasteiger partial charge in [-0.2, -0.15) is 5.26 Å². The lowest BCUT2D eigenvalue weighted by atomic mass is 10.0. The zero-order valence-corrected chi connectivity index (χ0v) is 44.0. The molecule has 80 heavy (non-hydrogen) atoms. The summed E-state index contributed by atoms with van der Waals surface area (Å²) >= 11 is 0. The van der Waals surface area contributed by atoms with E-state index in [1.54, 1.807) is 0 Å². The van der Waals surface area contributed by atoms with Gasteiger partial charge in [0.2, 0.25) is 5.69 Å². The third-order valence-corrected chi connectivity index (χ3v) is 17.0. The van der Waals surface area contributed by atoms with E-state index in [-0.39, 0.29) is 11.3 Å². The minimum absolute atomic E-state index is 0.214. The van der Waals surface area contributed by atoms with Gasteiger partial charge >= 0.3 is 0 Å². The van der Waals surface area contributed by atoms with Gasteiger partial charge in [-0.3, -0.25) is 0 Å². The molecule has 17 rings (SSSR count). The van der Waals surface area contributed by atoms with E-state index >= 15 is 0 Å². The Labute approximate surface area is 456 Å². The monoisotopic (exact) mass is 1020 g/mol. The van der Waals surface area contributed by atoms with Gasteiger partial charge in [-0.25, -0.2) is 4.85 Å². The van der Waals surface area contributed by atoms with Crippen LogP contribution in [0.2, 0.25) is 0 Å². The van der Waals surface area contributed by atoms with Crippen LogP contribution in [0.15, 0.2) is 203 Å². The summed E-state index contributed by atoms with van der Waals surface area (Å²) in [6, 6.07) is 71.6. The third kappa shape index (κ3) is 5.81. The molecule has 374 valence electrons. The lowest BCUT2D eigenvalue weighted by Gasteiger charge is -2.28. The van der Waals surface area contributed by atoms with Gasteiger partial charge in [0.25, 0.3) is 0 Å². The van der Waals surface area contributed by atoms with Crippen LogP contribution in [0.5, 0.6) is 0 Å². The summed E-state index contributed by atoms with van der Waals surface area (Å²) < 4.78 is 22.8. The Balaban J connectivity index is 1.19. The van der Waals surface area contributed by atoms with E-state index in [4.69, 9.17) is 8.83 Å². The van der Waals surface area contributed by atoms with Crippen molar-refractivity contribution in [2.24, 2.45) is 0 Å². The first kappa shape index (κ1) is 44.3. The fraction of sp³-hybridized carbons (Fsp3) is 0.0556. The first-order valence-electron chi connectivity index (χ1n) is 27.0. The van der Waals surface area contributed by atoms with E-state index < -0.39 is 0 Å². The van der Waals surface area contributed by atoms with Crippen LogP contribution < -0.4 is 0 Å². The molecule has 17 aromatic rings. The molecule has 0 atom stereocenters. The summed E-state index contributed by atoms with van der Waals surface area (Å²) in [5.41, 5.74) is 18.0. The Morgan fingerprint density at radius 3 is 1.07 bits per heavy atom. The second kappa shape index (κ2) is 15.9. The summed E-state index contributed by atoms with van der Waals surface area (Å²) in [5.74, 6) is 0. The number of furan rings is 2. The standard InChI is InChI=1S/C72H44N6O2/c1-39-22-26-58-47(30-39)48-31-40(2)23-27-59(48)75(58)71-69(77-56-18-10-6-14-43(56)51-34-53-45-16-8-12-20-64(45)79-66(53)36-62(51)77)55(38-73)68(74-5)70(72(71)76-60-28-24-41(3)32-49(60)50-33-42(4)25-29-61(50)76)78-57-19-11-7-15-44(57)52-35-54-46-17-9-13-21-65(46)80-67(54)37-63(52)78/h6-37H,1-4H3. The van der Waals surface area contributed by atoms with Crippen LogP contribution in [-0.4, -0.2) is 18.3 Å². The quantitative estimate of drug-likeness (QED) is 0.165. The maximum absolute atomic E-state index is 12.5. The molecule has 0 aliphatic rings. The fourth-order valence-electron chi connectivity index (χ4n) is 13.6. The lowest BCUT2D eigenvalue weighted by Crippen LogP contribution is -2.15. The molecule has 6 heterocycles. The molecule has 0 aliphatic carbocycles. The number of hydrogen-bond acceptors (Lipinski definition) is 3. The minimum atomic E-state index is 0.214. The number of nitriles is 1. The SMILES string of the molecule is [C-]#[N+]c1c(C#N)c(-n2c3ccccc3c3cc4c(cc32)oc2ccccc24)c(-n2c3ccc(C)cc3c3cc(C)ccc32)c(-n2c3ccc(C)cc3c3cc(C)ccc32)c1-n1c2ccccc2c2cc3c(cc21)oc1ccccc13. The van der Waals surface area contributed by atoms with E-state index in [0.29, 0.717) is 11.4 Å². The largest absolute Gasteiger partial charge is 0.456 e. The highest BCUT2D eigenvalue weighted by Crippen LogP contribution is 2.53. The molecule has 0 bridgehead atoms. The Bertz CT molecular complexity index is 5280. The summed E-state index contributed by atoms with van der Waals surface area (Å²) in [7, 11) is 0. The van der Waals surface area contributed by atoms with Gasteiger partial charge in [-0.05, 0) is 113 Å². The highest BCUT2D eigenvalue weighted by molar-refractivity contribution is 6.21. The number of aromatic nitrogens is 4. The number of nitrogens with zero attached hydrogens (tertiary/aromatic N) is 6. The van der Waals surface area contributed by atoms with Gasteiger partial charge < -0.3 is 27.1 Å². The predicted molar refractivity (Wildman–Crippen MR) is 328 cm³/mol. The molecule has 0 fully saturated rings. The van der Waals surface area contributed by atoms with Crippen molar-refractivity contribution in [1.82, 2.24) is 18.3 Å². The zero-order valence-electron chi connectivity index (χ0n) is 44.0. The molecule has 0 aliphatic heterocycles. The van der Waals surface area contributed by atoms with Crippen molar-refractivity contribution < 1.29 is 8.83 Å². The molecule has 0 amide bonds. The normalized spacial score (nSPS) is 12.2. The number of benzene rings is 11. The molecule has 8 nitrogen and oxygen atoms in total. The van der Waals surface area contributed by atoms with Crippen molar-refractivity contribution in [2.45, 2.75) is 27.7 Å². The topological polar surface area (TPSA) is 74.2 Å². The number of fused-ring (bicyclic) bond motifs is 18. The van der Waals surface area contributed by atoms with Crippen LogP contribution in [-0.2, 0) is 0 Å². The lowest BCUT2D eigenvalue weighted by molar-refractivity contribution is 0.669. The van der Waals surface area contributed by atoms with Crippen molar-refractivity contribution >= 4 is 137 Å². The minimum Gasteiger partial charge on any atom is -0.456 e. The number of hydrogen-bond donors (Lipinski definition) is 0. The maximum Gasteiger partial charge on any atom is 0.232 e. The summed E-state index contributed by atoms with van der Waals surface area (Å²) in [6.07, 6.45) is 0. The van der Waals surface area contributed by atoms with Crippen molar-refractivity contribution in [2.75, 3.05) is 0 Å². The Kier molecular flexibility index (Phi) is 8.81. The Morgan fingerprint density at radius 1 is 0.325 bits per heavy atom. The van der Waals surface area contributed by atoms with Crippen molar-refractivity contribution in [3.63, 3.8) is 0 Å². The molecular weight excluding hydrogens is 981 g/mol. The molecule has 0 saturated heterocycles. The van der Waals surface area contributed by atoms with Crippen molar-refractivity contribution in [3.8, 4) is 28.8 Å². The van der Waals surface area contributed by atoms with Crippen LogP contribution >= 0.6 is 0 Å². The van der Waals surface area contributed by atoms with Crippen molar-refractivity contribution in [3.05, 3.63) is 233 Å². The first-order valence-corrected chi connectivity index (χ1v) is 27.0. The van der Waals surface area contributed by atoms with Crippen LogP contribution in [0.3, 0.4) is 0 Å². The number of aryl methyl sites for hydroxylation is 4. The molecular formula is C72H44N6O2. The smallest absolute Gasteiger partial charge is 0.232 e. The summed E-state index contributed by atoms with van der Waals surface area (Å²) in [6.45, 7) is 18.3. The highest BCUT2D eigenvalue weighted by Gasteiger charge is 2.35. The van der Waals surface area contributed by atoms with Crippen LogP contribution in [0, 0.1) is 45.6 Å². The molecule has 6 aromatic heterocycles. The number of para-hydroxylation sites is 4. The van der Waals surface area contributed by atoms with Crippen molar-refractivity contribution in [1.29, 1.82) is 5.26 Å². The number of rotatable bonds is 4. The third-order valence-electron chi connectivity index (χ3n) is 17.0. The van der Waals surface area contributed by atoms with Crippen LogP contribution in [0.4, 0.5) is 5.69 Å². The maximum atomic E-state index is 12.5. The predicted octanol–water partition coefficient (Wildman–Crippen LogP) is 19.5. The second-order valence-electron chi connectivity index (χ2n) is 21.7. The Morgan fingerprint density at radius 2 is 0.662 bits per heavy atom. The van der Waals surface area contributed by atoms with Gasteiger partial charge in [0.15, 0.2) is 0 Å². The molecule has 0 spiro atoms. The zero-order chi connectivity index (χ0) is 53.4. The van der Waals surface area contributed by atoms with Crippen LogP contribution in [0.25, 0.3) is 159 Å². The van der Waals surface area contributed by atoms with Gasteiger partial charge in [0, 0.05) is 76.8 Å². The first-order chi connectivity index (χ1) is 39.2. The molecule has 0 unspecified atom stereocenters. The Hall–Kier alpha value is -10.8. The fourth-order valence-corrected chi connectivity index (χ4v) is 13.6. The summed E-state index contributed by atoms with van der Waals surface area (Å²) in [4.78, 5) is 4.68. The van der Waals surface area contributed by atoms with Gasteiger partial charge in [0.05, 0.1) is 85.1 Å². The van der Waals surface area contributed by atoms with Crippen LogP contribution in [0.1, 0.15) is 27.8 Å². The highest BCUT2D eigenvalue weighted by atomic mass is 16.3. The molecule has 0 radical (unpaired) electrons. The molecule has 0 N–H and O–H groups in total. The second-order valence-corrected chi connectivity index (χ2v) is 21.7. The van der Waals surface area contributed by atoms with Gasteiger partial charge in [-0.15, -0.1) is 0 Å². The van der Waals surface area contributed by atoms with E-state index in [9.17, 15) is 11.8 Å². The molecule has 11 aromatic carbocycles. The van der Waals surface area contributed by atoms with E-state index in [0.717, 1.165) is 165 Å².